The van der Waals surface area contributed by atoms with Gasteiger partial charge in [0.15, 0.2) is 5.76 Å². The van der Waals surface area contributed by atoms with Crippen LogP contribution in [0.2, 0.25) is 5.02 Å². The number of para-hydroxylation sites is 1. The number of amides is 1. The van der Waals surface area contributed by atoms with E-state index in [1.165, 1.54) is 0 Å². The molecule has 0 unspecified atom stereocenters. The Morgan fingerprint density at radius 2 is 2.00 bits per heavy atom. The minimum absolute atomic E-state index is 0.174. The number of aromatic nitrogens is 2. The molecule has 0 aliphatic heterocycles. The van der Waals surface area contributed by atoms with Gasteiger partial charge in [-0.05, 0) is 37.3 Å². The van der Waals surface area contributed by atoms with Crippen LogP contribution in [0.3, 0.4) is 0 Å². The van der Waals surface area contributed by atoms with Crippen LogP contribution in [-0.4, -0.2) is 27.6 Å². The van der Waals surface area contributed by atoms with E-state index in [0.717, 1.165) is 22.2 Å². The maximum absolute atomic E-state index is 12.9. The zero-order chi connectivity index (χ0) is 19.0. The number of rotatable bonds is 4. The fourth-order valence-corrected chi connectivity index (χ4v) is 3.25. The van der Waals surface area contributed by atoms with Gasteiger partial charge in [0.05, 0.1) is 11.9 Å². The molecular weight excluding hydrogens is 362 g/mol. The molecule has 6 heteroatoms. The fraction of sp³-hybridized carbons (Fsp3) is 0.143. The van der Waals surface area contributed by atoms with Gasteiger partial charge in [-0.2, -0.15) is 5.10 Å². The highest BCUT2D eigenvalue weighted by molar-refractivity contribution is 6.31. The summed E-state index contributed by atoms with van der Waals surface area (Å²) in [5, 5.41) is 5.85. The van der Waals surface area contributed by atoms with Crippen LogP contribution in [0.5, 0.6) is 0 Å². The molecule has 0 atom stereocenters. The van der Waals surface area contributed by atoms with Crippen LogP contribution in [0, 0.1) is 6.92 Å². The van der Waals surface area contributed by atoms with Crippen molar-refractivity contribution < 1.29 is 9.21 Å². The lowest BCUT2D eigenvalue weighted by Crippen LogP contribution is -2.26. The second-order valence-corrected chi connectivity index (χ2v) is 6.92. The summed E-state index contributed by atoms with van der Waals surface area (Å²) in [4.78, 5) is 14.5. The molecule has 0 saturated heterocycles. The number of aryl methyl sites for hydroxylation is 1. The average molecular weight is 380 g/mol. The van der Waals surface area contributed by atoms with E-state index in [-0.39, 0.29) is 5.91 Å². The largest absolute Gasteiger partial charge is 0.451 e. The first-order valence-electron chi connectivity index (χ1n) is 8.56. The standard InChI is InChI=1S/C21H18ClN3O2/c1-14-18-10-16(22)8-9-19(18)27-20(14)21(26)24(2)12-15-11-23-25(13-15)17-6-4-3-5-7-17/h3-11,13H,12H2,1-2H3. The quantitative estimate of drug-likeness (QED) is 0.509. The van der Waals surface area contributed by atoms with Crippen LogP contribution in [0.4, 0.5) is 0 Å². The summed E-state index contributed by atoms with van der Waals surface area (Å²) in [6.07, 6.45) is 3.69. The van der Waals surface area contributed by atoms with E-state index in [2.05, 4.69) is 5.10 Å². The van der Waals surface area contributed by atoms with Crippen molar-refractivity contribution in [1.82, 2.24) is 14.7 Å². The predicted octanol–water partition coefficient (Wildman–Crippen LogP) is 4.85. The van der Waals surface area contributed by atoms with Gasteiger partial charge in [0.25, 0.3) is 5.91 Å². The summed E-state index contributed by atoms with van der Waals surface area (Å²) in [7, 11) is 1.75. The number of benzene rings is 2. The molecule has 1 amide bonds. The topological polar surface area (TPSA) is 51.3 Å². The van der Waals surface area contributed by atoms with Crippen LogP contribution >= 0.6 is 11.6 Å². The molecule has 4 aromatic rings. The summed E-state index contributed by atoms with van der Waals surface area (Å²) >= 11 is 6.06. The number of carbonyl (C=O) groups is 1. The van der Waals surface area contributed by atoms with Gasteiger partial charge in [-0.1, -0.05) is 29.8 Å². The summed E-state index contributed by atoms with van der Waals surface area (Å²) in [6.45, 7) is 2.31. The Morgan fingerprint density at radius 3 is 2.78 bits per heavy atom. The predicted molar refractivity (Wildman–Crippen MR) is 105 cm³/mol. The molecule has 4 rings (SSSR count). The summed E-state index contributed by atoms with van der Waals surface area (Å²) < 4.78 is 7.57. The Hall–Kier alpha value is -3.05. The van der Waals surface area contributed by atoms with Crippen molar-refractivity contribution in [2.75, 3.05) is 7.05 Å². The van der Waals surface area contributed by atoms with Crippen molar-refractivity contribution in [2.45, 2.75) is 13.5 Å². The third kappa shape index (κ3) is 3.34. The van der Waals surface area contributed by atoms with E-state index in [1.807, 2.05) is 49.5 Å². The number of furan rings is 1. The zero-order valence-electron chi connectivity index (χ0n) is 15.0. The van der Waals surface area contributed by atoms with Crippen LogP contribution in [0.15, 0.2) is 65.3 Å². The van der Waals surface area contributed by atoms with Gasteiger partial charge in [0, 0.05) is 41.3 Å². The third-order valence-corrected chi connectivity index (χ3v) is 4.75. The van der Waals surface area contributed by atoms with Crippen molar-refractivity contribution in [3.8, 4) is 5.69 Å². The minimum atomic E-state index is -0.174. The highest BCUT2D eigenvalue weighted by atomic mass is 35.5. The second kappa shape index (κ2) is 6.93. The molecule has 0 N–H and O–H groups in total. The van der Waals surface area contributed by atoms with Gasteiger partial charge in [0.1, 0.15) is 5.58 Å². The summed E-state index contributed by atoms with van der Waals surface area (Å²) in [6, 6.07) is 15.2. The first-order chi connectivity index (χ1) is 13.0. The first kappa shape index (κ1) is 17.4. The molecule has 2 heterocycles. The van der Waals surface area contributed by atoms with E-state index < -0.39 is 0 Å². The van der Waals surface area contributed by atoms with Crippen molar-refractivity contribution in [3.63, 3.8) is 0 Å². The van der Waals surface area contributed by atoms with Crippen molar-refractivity contribution in [3.05, 3.63) is 82.8 Å². The molecule has 2 aromatic carbocycles. The smallest absolute Gasteiger partial charge is 0.289 e. The van der Waals surface area contributed by atoms with Crippen LogP contribution in [0.1, 0.15) is 21.7 Å². The lowest BCUT2D eigenvalue weighted by molar-refractivity contribution is 0.0755. The van der Waals surface area contributed by atoms with Crippen molar-refractivity contribution in [1.29, 1.82) is 0 Å². The van der Waals surface area contributed by atoms with Crippen molar-refractivity contribution >= 4 is 28.5 Å². The second-order valence-electron chi connectivity index (χ2n) is 6.49. The van der Waals surface area contributed by atoms with Crippen LogP contribution in [0.25, 0.3) is 16.7 Å². The Bertz CT molecular complexity index is 1120. The number of fused-ring (bicyclic) bond motifs is 1. The number of nitrogens with zero attached hydrogens (tertiary/aromatic N) is 3. The van der Waals surface area contributed by atoms with Crippen LogP contribution in [-0.2, 0) is 6.54 Å². The molecule has 136 valence electrons. The molecule has 0 aliphatic carbocycles. The minimum Gasteiger partial charge on any atom is -0.451 e. The molecule has 0 radical (unpaired) electrons. The van der Waals surface area contributed by atoms with E-state index in [1.54, 1.807) is 35.0 Å². The highest BCUT2D eigenvalue weighted by Crippen LogP contribution is 2.28. The lowest BCUT2D eigenvalue weighted by atomic mass is 10.1. The number of hydrogen-bond acceptors (Lipinski definition) is 3. The molecule has 0 aliphatic rings. The normalized spacial score (nSPS) is 11.1. The Morgan fingerprint density at radius 1 is 1.22 bits per heavy atom. The Balaban J connectivity index is 1.55. The van der Waals surface area contributed by atoms with Gasteiger partial charge < -0.3 is 9.32 Å². The maximum atomic E-state index is 12.9. The Labute approximate surface area is 161 Å². The van der Waals surface area contributed by atoms with Crippen LogP contribution < -0.4 is 0 Å². The molecular formula is C21H18ClN3O2. The van der Waals surface area contributed by atoms with Gasteiger partial charge in [-0.25, -0.2) is 4.68 Å². The molecule has 0 spiro atoms. The van der Waals surface area contributed by atoms with Gasteiger partial charge in [0.2, 0.25) is 0 Å². The Kier molecular flexibility index (Phi) is 4.46. The van der Waals surface area contributed by atoms with Gasteiger partial charge >= 0.3 is 0 Å². The number of carbonyl (C=O) groups excluding carboxylic acids is 1. The molecule has 0 fully saturated rings. The van der Waals surface area contributed by atoms with Crippen molar-refractivity contribution in [2.24, 2.45) is 0 Å². The third-order valence-electron chi connectivity index (χ3n) is 4.52. The molecule has 0 saturated carbocycles. The van der Waals surface area contributed by atoms with E-state index in [4.69, 9.17) is 16.0 Å². The number of hydrogen-bond donors (Lipinski definition) is 0. The summed E-state index contributed by atoms with van der Waals surface area (Å²) in [5.41, 5.74) is 3.36. The lowest BCUT2D eigenvalue weighted by Gasteiger charge is -2.15. The first-order valence-corrected chi connectivity index (χ1v) is 8.94. The molecule has 5 nitrogen and oxygen atoms in total. The SMILES string of the molecule is Cc1c(C(=O)N(C)Cc2cnn(-c3ccccc3)c2)oc2ccc(Cl)cc12. The zero-order valence-corrected chi connectivity index (χ0v) is 15.8. The maximum Gasteiger partial charge on any atom is 0.289 e. The van der Waals surface area contributed by atoms with E-state index in [9.17, 15) is 4.79 Å². The molecule has 27 heavy (non-hydrogen) atoms. The number of halogens is 1. The highest BCUT2D eigenvalue weighted by Gasteiger charge is 2.21. The van der Waals surface area contributed by atoms with Gasteiger partial charge in [-0.3, -0.25) is 4.79 Å². The van der Waals surface area contributed by atoms with E-state index >= 15 is 0 Å². The molecule has 2 aromatic heterocycles. The fourth-order valence-electron chi connectivity index (χ4n) is 3.08. The average Bonchev–Trinajstić information content (AvgIpc) is 3.27. The van der Waals surface area contributed by atoms with Gasteiger partial charge in [-0.15, -0.1) is 0 Å². The van der Waals surface area contributed by atoms with E-state index in [0.29, 0.717) is 22.9 Å². The summed E-state index contributed by atoms with van der Waals surface area (Å²) in [5.74, 6) is 0.164. The molecule has 0 bridgehead atoms. The monoisotopic (exact) mass is 379 g/mol.